The monoisotopic (exact) mass is 348 g/mol. The molecule has 3 saturated heterocycles. The number of hydrogen-bond donors (Lipinski definition) is 1. The lowest BCUT2D eigenvalue weighted by molar-refractivity contribution is -0.0146. The SMILES string of the molecule is CN=C(Nc1nc2c(OC)ncnc2s1)O[C@H]1CN2CCC1CC2. The molecule has 2 aromatic heterocycles. The minimum absolute atomic E-state index is 0.197. The minimum atomic E-state index is 0.197. The molecule has 0 amide bonds. The Morgan fingerprint density at radius 1 is 1.38 bits per heavy atom. The number of anilines is 1. The summed E-state index contributed by atoms with van der Waals surface area (Å²) >= 11 is 1.42. The summed E-state index contributed by atoms with van der Waals surface area (Å²) in [4.78, 5) is 20.3. The van der Waals surface area contributed by atoms with Crippen LogP contribution in [0.3, 0.4) is 0 Å². The predicted molar refractivity (Wildman–Crippen MR) is 92.8 cm³/mol. The molecule has 1 N–H and O–H groups in total. The van der Waals surface area contributed by atoms with E-state index in [1.807, 2.05) is 0 Å². The number of amidine groups is 1. The lowest BCUT2D eigenvalue weighted by Gasteiger charge is -2.44. The summed E-state index contributed by atoms with van der Waals surface area (Å²) in [6.45, 7) is 3.35. The molecule has 3 aliphatic rings. The molecule has 128 valence electrons. The Labute approximate surface area is 143 Å². The van der Waals surface area contributed by atoms with E-state index < -0.39 is 0 Å². The fourth-order valence-corrected chi connectivity index (χ4v) is 4.14. The van der Waals surface area contributed by atoms with Crippen LogP contribution < -0.4 is 10.1 Å². The van der Waals surface area contributed by atoms with Gasteiger partial charge in [0.25, 0.3) is 6.02 Å². The number of piperidine rings is 3. The zero-order valence-corrected chi connectivity index (χ0v) is 14.5. The number of aliphatic imine (C=N–C) groups is 1. The minimum Gasteiger partial charge on any atom is -0.479 e. The number of methoxy groups -OCH3 is 1. The number of nitrogens with one attached hydrogen (secondary N) is 1. The summed E-state index contributed by atoms with van der Waals surface area (Å²) in [5.41, 5.74) is 0.644. The van der Waals surface area contributed by atoms with Crippen molar-refractivity contribution in [3.63, 3.8) is 0 Å². The second kappa shape index (κ2) is 6.48. The number of thiazole rings is 1. The first kappa shape index (κ1) is 15.5. The number of ether oxygens (including phenoxy) is 2. The molecule has 3 fully saturated rings. The predicted octanol–water partition coefficient (Wildman–Crippen LogP) is 1.60. The maximum absolute atomic E-state index is 6.13. The maximum atomic E-state index is 6.13. The van der Waals surface area contributed by atoms with Gasteiger partial charge in [0.15, 0.2) is 15.5 Å². The average Bonchev–Trinajstić information content (AvgIpc) is 3.04. The molecule has 0 radical (unpaired) electrons. The maximum Gasteiger partial charge on any atom is 0.291 e. The van der Waals surface area contributed by atoms with Gasteiger partial charge in [0.05, 0.1) is 7.11 Å². The largest absolute Gasteiger partial charge is 0.479 e. The van der Waals surface area contributed by atoms with Crippen molar-refractivity contribution in [1.82, 2.24) is 19.9 Å². The third-order valence-corrected chi connectivity index (χ3v) is 5.51. The molecule has 3 aliphatic heterocycles. The van der Waals surface area contributed by atoms with Crippen LogP contribution in [0.1, 0.15) is 12.8 Å². The molecule has 8 nitrogen and oxygen atoms in total. The van der Waals surface area contributed by atoms with Gasteiger partial charge in [-0.05, 0) is 31.8 Å². The Kier molecular flexibility index (Phi) is 4.19. The Hall–Kier alpha value is -2.00. The second-order valence-corrected chi connectivity index (χ2v) is 6.98. The van der Waals surface area contributed by atoms with Gasteiger partial charge >= 0.3 is 0 Å². The highest BCUT2D eigenvalue weighted by molar-refractivity contribution is 7.22. The summed E-state index contributed by atoms with van der Waals surface area (Å²) in [6, 6.07) is 0.500. The van der Waals surface area contributed by atoms with Gasteiger partial charge in [-0.15, -0.1) is 0 Å². The van der Waals surface area contributed by atoms with Crippen molar-refractivity contribution >= 4 is 32.8 Å². The van der Waals surface area contributed by atoms with Crippen LogP contribution in [0, 0.1) is 5.92 Å². The summed E-state index contributed by atoms with van der Waals surface area (Å²) in [5.74, 6) is 1.09. The fraction of sp³-hybridized carbons (Fsp3) is 0.600. The van der Waals surface area contributed by atoms with Crippen molar-refractivity contribution in [3.05, 3.63) is 6.33 Å². The average molecular weight is 348 g/mol. The lowest BCUT2D eigenvalue weighted by atomic mass is 9.86. The highest BCUT2D eigenvalue weighted by Crippen LogP contribution is 2.31. The van der Waals surface area contributed by atoms with Gasteiger partial charge in [-0.1, -0.05) is 11.3 Å². The third-order valence-electron chi connectivity index (χ3n) is 4.63. The Morgan fingerprint density at radius 3 is 2.88 bits per heavy atom. The van der Waals surface area contributed by atoms with Gasteiger partial charge in [-0.2, -0.15) is 4.98 Å². The van der Waals surface area contributed by atoms with E-state index in [1.165, 1.54) is 43.6 Å². The Morgan fingerprint density at radius 2 is 2.21 bits per heavy atom. The van der Waals surface area contributed by atoms with Gasteiger partial charge in [0.1, 0.15) is 12.4 Å². The number of nitrogens with zero attached hydrogens (tertiary/aromatic N) is 5. The van der Waals surface area contributed by atoms with Gasteiger partial charge in [-0.25, -0.2) is 15.0 Å². The molecular formula is C15H20N6O2S. The Balaban J connectivity index is 1.49. The molecule has 0 aliphatic carbocycles. The number of fused-ring (bicyclic) bond motifs is 4. The standard InChI is InChI=1S/C15H20N6O2S/c1-16-14(23-10-7-21-5-3-9(10)4-6-21)20-15-19-11-12(22-2)17-8-18-13(11)24-15/h8-10H,3-7H2,1-2H3,(H,16,19,20)/t10-/m0/s1. The summed E-state index contributed by atoms with van der Waals surface area (Å²) in [6.07, 6.45) is 4.08. The van der Waals surface area contributed by atoms with Crippen LogP contribution >= 0.6 is 11.3 Å². The summed E-state index contributed by atoms with van der Waals surface area (Å²) in [5, 5.41) is 3.84. The van der Waals surface area contributed by atoms with E-state index in [1.54, 1.807) is 14.2 Å². The molecular weight excluding hydrogens is 328 g/mol. The topological polar surface area (TPSA) is 84.8 Å². The molecule has 0 unspecified atom stereocenters. The van der Waals surface area contributed by atoms with Crippen LogP contribution in [-0.4, -0.2) is 65.8 Å². The van der Waals surface area contributed by atoms with Crippen molar-refractivity contribution < 1.29 is 9.47 Å². The van der Waals surface area contributed by atoms with Gasteiger partial charge in [0, 0.05) is 13.6 Å². The molecule has 9 heteroatoms. The van der Waals surface area contributed by atoms with Crippen molar-refractivity contribution in [2.24, 2.45) is 10.9 Å². The smallest absolute Gasteiger partial charge is 0.291 e. The highest BCUT2D eigenvalue weighted by Gasteiger charge is 2.36. The number of aromatic nitrogens is 3. The lowest BCUT2D eigenvalue weighted by Crippen LogP contribution is -2.52. The normalized spacial score (nSPS) is 26.6. The van der Waals surface area contributed by atoms with Gasteiger partial charge < -0.3 is 9.47 Å². The fourth-order valence-electron chi connectivity index (χ4n) is 3.35. The van der Waals surface area contributed by atoms with Crippen molar-refractivity contribution in [2.45, 2.75) is 18.9 Å². The highest BCUT2D eigenvalue weighted by atomic mass is 32.1. The zero-order valence-electron chi connectivity index (χ0n) is 13.7. The molecule has 24 heavy (non-hydrogen) atoms. The summed E-state index contributed by atoms with van der Waals surface area (Å²) < 4.78 is 11.4. The van der Waals surface area contributed by atoms with Crippen molar-refractivity contribution in [2.75, 3.05) is 39.1 Å². The molecule has 5 heterocycles. The van der Waals surface area contributed by atoms with Gasteiger partial charge in [0.2, 0.25) is 5.88 Å². The van der Waals surface area contributed by atoms with Crippen LogP contribution in [0.4, 0.5) is 5.13 Å². The third kappa shape index (κ3) is 2.89. The first-order chi connectivity index (χ1) is 11.8. The summed E-state index contributed by atoms with van der Waals surface area (Å²) in [7, 11) is 3.29. The Bertz CT molecular complexity index is 756. The quantitative estimate of drug-likeness (QED) is 0.666. The van der Waals surface area contributed by atoms with Crippen molar-refractivity contribution in [1.29, 1.82) is 0 Å². The van der Waals surface area contributed by atoms with Crippen molar-refractivity contribution in [3.8, 4) is 5.88 Å². The van der Waals surface area contributed by atoms with E-state index >= 15 is 0 Å². The van der Waals surface area contributed by atoms with E-state index in [9.17, 15) is 0 Å². The van der Waals surface area contributed by atoms with Gasteiger partial charge in [-0.3, -0.25) is 10.2 Å². The van der Waals surface area contributed by atoms with Crippen LogP contribution in [0.25, 0.3) is 10.3 Å². The molecule has 0 aromatic carbocycles. The molecule has 5 rings (SSSR count). The second-order valence-electron chi connectivity index (χ2n) is 6.00. The molecule has 2 aromatic rings. The van der Waals surface area contributed by atoms with Crippen LogP contribution in [-0.2, 0) is 4.74 Å². The van der Waals surface area contributed by atoms with E-state index in [-0.39, 0.29) is 6.10 Å². The first-order valence-corrected chi connectivity index (χ1v) is 8.87. The number of rotatable bonds is 3. The van der Waals surface area contributed by atoms with Crippen LogP contribution in [0.5, 0.6) is 5.88 Å². The zero-order chi connectivity index (χ0) is 16.5. The number of hydrogen-bond acceptors (Lipinski definition) is 8. The van der Waals surface area contributed by atoms with Crippen LogP contribution in [0.15, 0.2) is 11.3 Å². The molecule has 0 saturated carbocycles. The molecule has 1 atom stereocenters. The van der Waals surface area contributed by atoms with E-state index in [2.05, 4.69) is 30.2 Å². The van der Waals surface area contributed by atoms with E-state index in [4.69, 9.17) is 9.47 Å². The van der Waals surface area contributed by atoms with Crippen LogP contribution in [0.2, 0.25) is 0 Å². The van der Waals surface area contributed by atoms with E-state index in [0.29, 0.717) is 28.5 Å². The molecule has 0 spiro atoms. The van der Waals surface area contributed by atoms with E-state index in [0.717, 1.165) is 11.4 Å². The molecule has 2 bridgehead atoms. The first-order valence-electron chi connectivity index (χ1n) is 8.05.